The number of carbonyl (C=O) groups excluding carboxylic acids is 1. The molecule has 1 aromatic rings. The fourth-order valence-electron chi connectivity index (χ4n) is 2.35. The minimum Gasteiger partial charge on any atom is -0.464 e. The summed E-state index contributed by atoms with van der Waals surface area (Å²) in [5, 5.41) is 6.75. The Morgan fingerprint density at radius 2 is 2.53 bits per heavy atom. The number of piperidine rings is 1. The number of ether oxygens (including phenoxy) is 1. The number of hydrogen-bond donors (Lipinski definition) is 2. The lowest BCUT2D eigenvalue weighted by Gasteiger charge is -2.22. The summed E-state index contributed by atoms with van der Waals surface area (Å²) < 4.78 is 4.65. The van der Waals surface area contributed by atoms with Crippen LogP contribution in [-0.2, 0) is 4.74 Å². The van der Waals surface area contributed by atoms with Crippen LogP contribution in [0.15, 0.2) is 18.3 Å². The second-order valence-corrected chi connectivity index (χ2v) is 4.85. The predicted molar refractivity (Wildman–Crippen MR) is 74.3 cm³/mol. The van der Waals surface area contributed by atoms with Gasteiger partial charge >= 0.3 is 5.97 Å². The van der Waals surface area contributed by atoms with Crippen molar-refractivity contribution in [2.45, 2.75) is 19.3 Å². The lowest BCUT2D eigenvalue weighted by atomic mass is 9.96. The van der Waals surface area contributed by atoms with Crippen molar-refractivity contribution < 1.29 is 9.53 Å². The van der Waals surface area contributed by atoms with E-state index in [0.29, 0.717) is 5.69 Å². The Kier molecular flexibility index (Phi) is 5.15. The summed E-state index contributed by atoms with van der Waals surface area (Å²) in [6.45, 7) is 3.18. The molecule has 2 heterocycles. The van der Waals surface area contributed by atoms with Gasteiger partial charge in [-0.15, -0.1) is 0 Å². The van der Waals surface area contributed by atoms with Crippen LogP contribution >= 0.6 is 0 Å². The van der Waals surface area contributed by atoms with Gasteiger partial charge in [-0.2, -0.15) is 0 Å². The molecule has 0 radical (unpaired) electrons. The van der Waals surface area contributed by atoms with Crippen LogP contribution in [0.1, 0.15) is 29.8 Å². The molecular formula is C14H21N3O2. The van der Waals surface area contributed by atoms with E-state index in [4.69, 9.17) is 0 Å². The lowest BCUT2D eigenvalue weighted by Crippen LogP contribution is -2.30. The molecule has 1 aromatic heterocycles. The Hall–Kier alpha value is -1.62. The number of pyridine rings is 1. The van der Waals surface area contributed by atoms with Gasteiger partial charge in [-0.3, -0.25) is 0 Å². The van der Waals surface area contributed by atoms with Crippen LogP contribution in [0.3, 0.4) is 0 Å². The van der Waals surface area contributed by atoms with Gasteiger partial charge in [0.1, 0.15) is 5.69 Å². The number of aromatic nitrogens is 1. The molecule has 0 saturated carbocycles. The molecule has 5 nitrogen and oxygen atoms in total. The number of methoxy groups -OCH3 is 1. The van der Waals surface area contributed by atoms with E-state index in [2.05, 4.69) is 20.4 Å². The molecule has 0 spiro atoms. The predicted octanol–water partition coefficient (Wildman–Crippen LogP) is 1.67. The number of nitrogens with one attached hydrogen (secondary N) is 2. The fraction of sp³-hybridized carbons (Fsp3) is 0.571. The van der Waals surface area contributed by atoms with Gasteiger partial charge in [0.2, 0.25) is 0 Å². The summed E-state index contributed by atoms with van der Waals surface area (Å²) in [6, 6.07) is 3.59. The van der Waals surface area contributed by atoms with Crippen molar-refractivity contribution in [3.05, 3.63) is 24.0 Å². The molecule has 2 N–H and O–H groups in total. The second kappa shape index (κ2) is 7.09. The van der Waals surface area contributed by atoms with Crippen LogP contribution in [0.2, 0.25) is 0 Å². The molecule has 2 rings (SSSR count). The molecular weight excluding hydrogens is 242 g/mol. The number of anilines is 1. The van der Waals surface area contributed by atoms with E-state index >= 15 is 0 Å². The van der Waals surface area contributed by atoms with E-state index in [1.54, 1.807) is 12.3 Å². The van der Waals surface area contributed by atoms with Crippen LogP contribution in [-0.4, -0.2) is 37.7 Å². The zero-order valence-electron chi connectivity index (χ0n) is 11.3. The fourth-order valence-corrected chi connectivity index (χ4v) is 2.35. The zero-order valence-corrected chi connectivity index (χ0v) is 11.3. The molecule has 0 aliphatic carbocycles. The maximum Gasteiger partial charge on any atom is 0.356 e. The maximum atomic E-state index is 11.4. The average molecular weight is 263 g/mol. The topological polar surface area (TPSA) is 63.2 Å². The van der Waals surface area contributed by atoms with E-state index in [9.17, 15) is 4.79 Å². The van der Waals surface area contributed by atoms with Crippen molar-refractivity contribution in [2.24, 2.45) is 5.92 Å². The van der Waals surface area contributed by atoms with Gasteiger partial charge in [-0.25, -0.2) is 9.78 Å². The Morgan fingerprint density at radius 1 is 1.63 bits per heavy atom. The summed E-state index contributed by atoms with van der Waals surface area (Å²) in [4.78, 5) is 15.3. The van der Waals surface area contributed by atoms with Crippen molar-refractivity contribution in [3.63, 3.8) is 0 Å². The van der Waals surface area contributed by atoms with Gasteiger partial charge in [0.15, 0.2) is 0 Å². The first-order valence-corrected chi connectivity index (χ1v) is 6.78. The minimum atomic E-state index is -0.403. The number of esters is 1. The van der Waals surface area contributed by atoms with Crippen molar-refractivity contribution in [1.82, 2.24) is 10.3 Å². The number of carbonyl (C=O) groups is 1. The van der Waals surface area contributed by atoms with Crippen molar-refractivity contribution in [2.75, 3.05) is 32.1 Å². The van der Waals surface area contributed by atoms with Gasteiger partial charge in [0.25, 0.3) is 0 Å². The van der Waals surface area contributed by atoms with Gasteiger partial charge in [-0.1, -0.05) is 0 Å². The highest BCUT2D eigenvalue weighted by molar-refractivity contribution is 5.88. The number of hydrogen-bond acceptors (Lipinski definition) is 5. The highest BCUT2D eigenvalue weighted by Gasteiger charge is 2.12. The van der Waals surface area contributed by atoms with E-state index in [1.807, 2.05) is 6.07 Å². The SMILES string of the molecule is COC(=O)c1cc(NCCC2CCCNC2)ccn1. The molecule has 5 heteroatoms. The van der Waals surface area contributed by atoms with Crippen LogP contribution in [0, 0.1) is 5.92 Å². The summed E-state index contributed by atoms with van der Waals surface area (Å²) in [7, 11) is 1.36. The van der Waals surface area contributed by atoms with Gasteiger partial charge in [-0.05, 0) is 50.4 Å². The smallest absolute Gasteiger partial charge is 0.356 e. The zero-order chi connectivity index (χ0) is 13.5. The van der Waals surface area contributed by atoms with Gasteiger partial charge < -0.3 is 15.4 Å². The molecule has 1 atom stereocenters. The molecule has 0 bridgehead atoms. The Labute approximate surface area is 113 Å². The van der Waals surface area contributed by atoms with E-state index in [0.717, 1.165) is 37.7 Å². The number of nitrogens with zero attached hydrogens (tertiary/aromatic N) is 1. The molecule has 1 aliphatic rings. The Balaban J connectivity index is 1.80. The van der Waals surface area contributed by atoms with Crippen LogP contribution in [0.5, 0.6) is 0 Å². The summed E-state index contributed by atoms with van der Waals surface area (Å²) in [6.07, 6.45) is 5.34. The highest BCUT2D eigenvalue weighted by atomic mass is 16.5. The molecule has 0 aromatic carbocycles. The van der Waals surface area contributed by atoms with Crippen molar-refractivity contribution in [3.8, 4) is 0 Å². The first kappa shape index (κ1) is 13.8. The average Bonchev–Trinajstić information content (AvgIpc) is 2.48. The third-order valence-corrected chi connectivity index (χ3v) is 3.44. The molecule has 104 valence electrons. The molecule has 1 unspecified atom stereocenters. The normalized spacial score (nSPS) is 18.9. The Bertz CT molecular complexity index is 417. The minimum absolute atomic E-state index is 0.340. The lowest BCUT2D eigenvalue weighted by molar-refractivity contribution is 0.0594. The first-order chi connectivity index (χ1) is 9.29. The summed E-state index contributed by atoms with van der Waals surface area (Å²) in [5.41, 5.74) is 1.26. The molecule has 1 fully saturated rings. The second-order valence-electron chi connectivity index (χ2n) is 4.85. The monoisotopic (exact) mass is 263 g/mol. The maximum absolute atomic E-state index is 11.4. The summed E-state index contributed by atoms with van der Waals surface area (Å²) >= 11 is 0. The first-order valence-electron chi connectivity index (χ1n) is 6.78. The van der Waals surface area contributed by atoms with Crippen LogP contribution in [0.4, 0.5) is 5.69 Å². The molecule has 1 aliphatic heterocycles. The highest BCUT2D eigenvalue weighted by Crippen LogP contribution is 2.15. The molecule has 1 saturated heterocycles. The van der Waals surface area contributed by atoms with E-state index in [1.165, 1.54) is 20.0 Å². The third kappa shape index (κ3) is 4.21. The van der Waals surface area contributed by atoms with E-state index in [-0.39, 0.29) is 0 Å². The standard InChI is InChI=1S/C14H21N3O2/c1-19-14(18)13-9-12(5-8-17-13)16-7-4-11-3-2-6-15-10-11/h5,8-9,11,15H,2-4,6-7,10H2,1H3,(H,16,17). The largest absolute Gasteiger partial charge is 0.464 e. The van der Waals surface area contributed by atoms with Crippen molar-refractivity contribution in [1.29, 1.82) is 0 Å². The molecule has 0 amide bonds. The van der Waals surface area contributed by atoms with Crippen LogP contribution in [0.25, 0.3) is 0 Å². The van der Waals surface area contributed by atoms with E-state index < -0.39 is 5.97 Å². The van der Waals surface area contributed by atoms with Crippen LogP contribution < -0.4 is 10.6 Å². The quantitative estimate of drug-likeness (QED) is 0.791. The van der Waals surface area contributed by atoms with Gasteiger partial charge in [0.05, 0.1) is 7.11 Å². The van der Waals surface area contributed by atoms with Crippen molar-refractivity contribution >= 4 is 11.7 Å². The molecule has 19 heavy (non-hydrogen) atoms. The third-order valence-electron chi connectivity index (χ3n) is 3.44. The number of rotatable bonds is 5. The Morgan fingerprint density at radius 3 is 3.26 bits per heavy atom. The van der Waals surface area contributed by atoms with Gasteiger partial charge in [0, 0.05) is 18.4 Å². The summed E-state index contributed by atoms with van der Waals surface area (Å²) in [5.74, 6) is 0.350.